The summed E-state index contributed by atoms with van der Waals surface area (Å²) in [5, 5.41) is 0. The Bertz CT molecular complexity index is 6520. The van der Waals surface area contributed by atoms with Gasteiger partial charge in [-0.1, -0.05) is 193 Å². The molecule has 20 nitrogen and oxygen atoms in total. The fourth-order valence-electron chi connectivity index (χ4n) is 15.9. The summed E-state index contributed by atoms with van der Waals surface area (Å²) in [4.78, 5) is 116. The van der Waals surface area contributed by atoms with Crippen molar-refractivity contribution in [3.63, 3.8) is 0 Å². The summed E-state index contributed by atoms with van der Waals surface area (Å²) in [6, 6.07) is 61.1. The number of hydrogen-bond acceptors (Lipinski definition) is 20. The van der Waals surface area contributed by atoms with Crippen LogP contribution in [-0.2, 0) is 104 Å². The quantitative estimate of drug-likeness (QED) is 0.0191. The van der Waals surface area contributed by atoms with Crippen LogP contribution in [0.2, 0.25) is 0 Å². The first-order valence-corrected chi connectivity index (χ1v) is 44.9. The molecule has 0 heterocycles. The van der Waals surface area contributed by atoms with Gasteiger partial charge in [-0.3, -0.25) is 0 Å². The topological polar surface area (TPSA) is 263 Å². The van der Waals surface area contributed by atoms with E-state index < -0.39 is 53.4 Å². The molecular weight excluding hydrogens is 1750 g/mol. The van der Waals surface area contributed by atoms with Crippen molar-refractivity contribution in [2.24, 2.45) is 0 Å². The molecule has 10 aromatic carbocycles. The van der Waals surface area contributed by atoms with Crippen molar-refractivity contribution in [2.75, 3.05) is 19.8 Å². The standard InChI is InChI=1S/C24H23FO4.C24H24O4.C23H21FO4.C23H22O4.C22H20O4/c1-14(2)23(26)28-13-18-6-5-16-11-17(7-9-20(16)18)21-10-8-19(12-22(21)25)29-24(27)15(3)4;1-15(2)23(25)27-14-20-6-5-19-13-18(9-12-22(19)20)17-7-10-21(11-8-17)28-24(26)16(3)4;1-13(2)22(25)27-17-7-9-18(20(24)12-17)15-5-8-19-16(11-15)6-10-21(19)28-23(26)14(3)4;1-4-22(24)26-14-19-6-5-18-13-17(9-12-21(18)19)16-7-10-20(11-8-16)27-23(25)15(2)3;1-4-21(23)26-20-12-8-17-13-16(7-11-19(17)20)15-5-9-18(10-6-15)25-22(24)14(2)3/h7-12,18H,1,3,5-6,13H2,2,4H3;7-13,20H,1,3,5-6,14H2,2,4H3;5,7-9,11-12,21H,1,3,6,10H2,2,4H3;4,7-13,19H,1-2,5-6,14H2,3H3;4-7,9-11,13,20H,1-2,8,12H2,3H3. The molecule has 0 aliphatic heterocycles. The molecule has 708 valence electrons. The number of halogens is 2. The molecule has 10 aromatic rings. The van der Waals surface area contributed by atoms with Crippen molar-refractivity contribution >= 4 is 59.7 Å². The summed E-state index contributed by atoms with van der Waals surface area (Å²) in [6.07, 6.45) is 10.6. The predicted octanol–water partition coefficient (Wildman–Crippen LogP) is 24.3. The van der Waals surface area contributed by atoms with E-state index in [1.54, 1.807) is 108 Å². The first kappa shape index (κ1) is 103. The number of benzene rings is 10. The zero-order valence-corrected chi connectivity index (χ0v) is 78.8. The van der Waals surface area contributed by atoms with Crippen molar-refractivity contribution in [3.05, 3.63) is 390 Å². The van der Waals surface area contributed by atoms with E-state index in [9.17, 15) is 56.7 Å². The predicted molar refractivity (Wildman–Crippen MR) is 527 cm³/mol. The second kappa shape index (κ2) is 47.4. The summed E-state index contributed by atoms with van der Waals surface area (Å²) in [5.74, 6) is -2.99. The van der Waals surface area contributed by atoms with Crippen LogP contribution >= 0.6 is 0 Å². The molecule has 138 heavy (non-hydrogen) atoms. The minimum atomic E-state index is -0.597. The second-order valence-electron chi connectivity index (χ2n) is 34.5. The monoisotopic (exact) mass is 1860 g/mol. The van der Waals surface area contributed by atoms with Crippen LogP contribution in [0.25, 0.3) is 55.6 Å². The van der Waals surface area contributed by atoms with Gasteiger partial charge < -0.3 is 47.4 Å². The highest BCUT2D eigenvalue weighted by atomic mass is 19.1. The van der Waals surface area contributed by atoms with E-state index in [2.05, 4.69) is 108 Å². The number of carbonyl (C=O) groups excluding carboxylic acids is 10. The third-order valence-corrected chi connectivity index (χ3v) is 23.4. The summed E-state index contributed by atoms with van der Waals surface area (Å²) in [6.45, 7) is 49.3. The fourth-order valence-corrected chi connectivity index (χ4v) is 15.9. The molecule has 22 heteroatoms. The van der Waals surface area contributed by atoms with Crippen LogP contribution in [0.3, 0.4) is 0 Å². The van der Waals surface area contributed by atoms with Crippen LogP contribution in [0.15, 0.2) is 323 Å². The largest absolute Gasteiger partial charge is 0.462 e. The Labute approximate surface area is 803 Å². The maximum atomic E-state index is 14.6. The number of rotatable bonds is 28. The molecule has 0 radical (unpaired) electrons. The molecule has 5 aliphatic rings. The fraction of sp³-hybridized carbons (Fsp3) is 0.224. The maximum absolute atomic E-state index is 14.6. The molecule has 0 amide bonds. The van der Waals surface area contributed by atoms with Gasteiger partial charge in [-0.2, -0.15) is 0 Å². The molecule has 0 fully saturated rings. The lowest BCUT2D eigenvalue weighted by Crippen LogP contribution is -2.11. The molecule has 0 saturated heterocycles. The van der Waals surface area contributed by atoms with E-state index in [1.165, 1.54) is 65.9 Å². The number of esters is 10. The number of fused-ring (bicyclic) bond motifs is 5. The Kier molecular flexibility index (Phi) is 35.2. The molecule has 0 bridgehead atoms. The summed E-state index contributed by atoms with van der Waals surface area (Å²) < 4.78 is 81.7. The van der Waals surface area contributed by atoms with Crippen LogP contribution in [0.5, 0.6) is 28.7 Å². The van der Waals surface area contributed by atoms with Crippen LogP contribution in [0.1, 0.15) is 173 Å². The number of carbonyl (C=O) groups is 10. The highest BCUT2D eigenvalue weighted by Gasteiger charge is 2.32. The number of aryl methyl sites for hydroxylation is 5. The van der Waals surface area contributed by atoms with Gasteiger partial charge in [0, 0.05) is 97.8 Å². The van der Waals surface area contributed by atoms with Gasteiger partial charge in [-0.25, -0.2) is 56.7 Å². The molecule has 5 aliphatic carbocycles. The minimum absolute atomic E-state index is 0.127. The lowest BCUT2D eigenvalue weighted by atomic mass is 9.97. The Morgan fingerprint density at radius 2 is 0.514 bits per heavy atom. The van der Waals surface area contributed by atoms with Crippen LogP contribution < -0.4 is 23.7 Å². The molecule has 5 atom stereocenters. The SMILES string of the molecule is C=C(C)C(=O)OCC1CCc2cc(-c3ccc(OC(=O)C(=C)C)cc3)ccc21.C=C(C)C(=O)OCC1CCc2cc(-c3ccc(OC(=O)C(=C)C)cc3F)ccc21.C=C(C)C(=O)Oc1ccc(-c2ccc3c(c2)CCC3OC(=O)C(=C)C)c(F)c1.C=CC(=O)OC1CCc2cc(-c3ccc(OC(=O)C(=C)C)cc3)ccc21.C=CC(=O)OCC1CCc2cc(-c3ccc(OC(=O)C(=C)C)cc3)ccc21. The summed E-state index contributed by atoms with van der Waals surface area (Å²) in [7, 11) is 0. The van der Waals surface area contributed by atoms with Gasteiger partial charge in [-0.15, -0.1) is 0 Å². The second-order valence-corrected chi connectivity index (χ2v) is 34.5. The van der Waals surface area contributed by atoms with E-state index in [0.717, 1.165) is 125 Å². The minimum Gasteiger partial charge on any atom is -0.462 e. The lowest BCUT2D eigenvalue weighted by molar-refractivity contribution is -0.145. The average molecular weight is 1860 g/mol. The van der Waals surface area contributed by atoms with E-state index in [4.69, 9.17) is 47.4 Å². The number of ether oxygens (including phenoxy) is 10. The zero-order chi connectivity index (χ0) is 99.9. The molecule has 0 N–H and O–H groups in total. The van der Waals surface area contributed by atoms with Gasteiger partial charge in [0.2, 0.25) is 0 Å². The number of hydrogen-bond donors (Lipinski definition) is 0. The Morgan fingerprint density at radius 3 is 0.812 bits per heavy atom. The van der Waals surface area contributed by atoms with Gasteiger partial charge in [0.05, 0.1) is 19.8 Å². The van der Waals surface area contributed by atoms with Crippen LogP contribution in [0, 0.1) is 11.6 Å². The van der Waals surface area contributed by atoms with E-state index in [-0.39, 0.29) is 70.5 Å². The molecule has 0 spiro atoms. The van der Waals surface area contributed by atoms with Crippen molar-refractivity contribution in [3.8, 4) is 84.4 Å². The van der Waals surface area contributed by atoms with Gasteiger partial charge in [0.15, 0.2) is 0 Å². The first-order valence-electron chi connectivity index (χ1n) is 44.9. The Morgan fingerprint density at radius 1 is 0.268 bits per heavy atom. The van der Waals surface area contributed by atoms with E-state index in [1.807, 2.05) is 78.9 Å². The van der Waals surface area contributed by atoms with Crippen molar-refractivity contribution in [2.45, 2.75) is 150 Å². The zero-order valence-electron chi connectivity index (χ0n) is 78.8. The maximum Gasteiger partial charge on any atom is 0.338 e. The van der Waals surface area contributed by atoms with Gasteiger partial charge in [-0.05, 0) is 280 Å². The van der Waals surface area contributed by atoms with Crippen molar-refractivity contribution in [1.29, 1.82) is 0 Å². The van der Waals surface area contributed by atoms with Gasteiger partial charge in [0.1, 0.15) is 52.6 Å². The molecule has 5 unspecified atom stereocenters. The van der Waals surface area contributed by atoms with Crippen molar-refractivity contribution < 1.29 is 104 Å². The first-order chi connectivity index (χ1) is 65.8. The van der Waals surface area contributed by atoms with Gasteiger partial charge in [0.25, 0.3) is 0 Å². The summed E-state index contributed by atoms with van der Waals surface area (Å²) >= 11 is 0. The van der Waals surface area contributed by atoms with Gasteiger partial charge >= 0.3 is 59.7 Å². The van der Waals surface area contributed by atoms with Crippen LogP contribution in [-0.4, -0.2) is 79.5 Å². The smallest absolute Gasteiger partial charge is 0.338 e. The molecular formula is C116H110F2O20. The molecule has 0 saturated carbocycles. The lowest BCUT2D eigenvalue weighted by Gasteiger charge is -2.14. The third kappa shape index (κ3) is 27.5. The summed E-state index contributed by atoms with van der Waals surface area (Å²) in [5.41, 5.74) is 22.9. The van der Waals surface area contributed by atoms with E-state index >= 15 is 0 Å². The normalized spacial score (nSPS) is 14.9. The van der Waals surface area contributed by atoms with E-state index in [0.29, 0.717) is 93.6 Å². The van der Waals surface area contributed by atoms with Crippen molar-refractivity contribution in [1.82, 2.24) is 0 Å². The average Bonchev–Trinajstić information content (AvgIpc) is 1.62. The third-order valence-electron chi connectivity index (χ3n) is 23.4. The highest BCUT2D eigenvalue weighted by molar-refractivity contribution is 5.93. The Balaban J connectivity index is 0.000000165. The van der Waals surface area contributed by atoms with Crippen LogP contribution in [0.4, 0.5) is 8.78 Å². The molecule has 0 aromatic heterocycles. The Hall–Kier alpha value is -15.8. The highest BCUT2D eigenvalue weighted by Crippen LogP contribution is 2.44. The molecule has 15 rings (SSSR count).